The van der Waals surface area contributed by atoms with Gasteiger partial charge in [0.25, 0.3) is 0 Å². The molecule has 2 atom stereocenters. The van der Waals surface area contributed by atoms with Gasteiger partial charge in [0, 0.05) is 32.6 Å². The third-order valence-corrected chi connectivity index (χ3v) is 4.69. The van der Waals surface area contributed by atoms with E-state index in [4.69, 9.17) is 32.4 Å². The van der Waals surface area contributed by atoms with Gasteiger partial charge in [-0.3, -0.25) is 4.79 Å². The molecule has 0 aliphatic carbocycles. The summed E-state index contributed by atoms with van der Waals surface area (Å²) in [4.78, 5) is 11.2. The molecule has 1 aromatic heterocycles. The second-order valence-electron chi connectivity index (χ2n) is 5.83. The fraction of sp³-hybridized carbons (Fsp3) is 0.211. The highest BCUT2D eigenvalue weighted by atomic mass is 35.5. The Morgan fingerprint density at radius 1 is 1.12 bits per heavy atom. The maximum atomic E-state index is 11.2. The summed E-state index contributed by atoms with van der Waals surface area (Å²) in [6.45, 7) is 3.51. The fourth-order valence-corrected chi connectivity index (χ4v) is 3.23. The highest BCUT2D eigenvalue weighted by Gasteiger charge is 2.20. The highest BCUT2D eigenvalue weighted by Crippen LogP contribution is 2.33. The standard InChI is InChI=1S/C19H16Cl2O4/c1-10(19(22)23)16-9-24-18-8-13(4-6-15(16)18)25-11(2)14-5-3-12(20)7-17(14)21/h3-11H,1-2H3,(H,22,23). The van der Waals surface area contributed by atoms with E-state index in [2.05, 4.69) is 0 Å². The molecule has 0 bridgehead atoms. The van der Waals surface area contributed by atoms with Gasteiger partial charge < -0.3 is 14.3 Å². The van der Waals surface area contributed by atoms with Crippen molar-refractivity contribution < 1.29 is 19.1 Å². The van der Waals surface area contributed by atoms with Gasteiger partial charge in [-0.25, -0.2) is 0 Å². The maximum Gasteiger partial charge on any atom is 0.310 e. The van der Waals surface area contributed by atoms with E-state index < -0.39 is 11.9 Å². The number of furan rings is 1. The Morgan fingerprint density at radius 2 is 1.88 bits per heavy atom. The normalized spacial score (nSPS) is 13.6. The fourth-order valence-electron chi connectivity index (χ4n) is 2.67. The molecule has 0 aliphatic rings. The molecule has 1 heterocycles. The molecule has 0 radical (unpaired) electrons. The molecule has 0 spiro atoms. The zero-order chi connectivity index (χ0) is 18.1. The minimum Gasteiger partial charge on any atom is -0.486 e. The van der Waals surface area contributed by atoms with Gasteiger partial charge in [0.2, 0.25) is 0 Å². The third-order valence-electron chi connectivity index (χ3n) is 4.13. The predicted molar refractivity (Wildman–Crippen MR) is 97.8 cm³/mol. The second-order valence-corrected chi connectivity index (χ2v) is 6.68. The Kier molecular flexibility index (Phi) is 4.93. The van der Waals surface area contributed by atoms with Gasteiger partial charge in [0.1, 0.15) is 17.4 Å². The van der Waals surface area contributed by atoms with E-state index in [1.165, 1.54) is 6.26 Å². The smallest absolute Gasteiger partial charge is 0.310 e. The van der Waals surface area contributed by atoms with Crippen LogP contribution in [0.2, 0.25) is 10.0 Å². The summed E-state index contributed by atoms with van der Waals surface area (Å²) in [5.74, 6) is -0.927. The molecule has 2 unspecified atom stereocenters. The number of carboxylic acid groups (broad SMARTS) is 1. The molecule has 3 aromatic rings. The Morgan fingerprint density at radius 3 is 2.56 bits per heavy atom. The van der Waals surface area contributed by atoms with Crippen LogP contribution in [0.1, 0.15) is 37.0 Å². The molecule has 4 nitrogen and oxygen atoms in total. The van der Waals surface area contributed by atoms with Crippen LogP contribution in [0.15, 0.2) is 47.1 Å². The number of halogens is 2. The van der Waals surface area contributed by atoms with Crippen LogP contribution in [0, 0.1) is 0 Å². The van der Waals surface area contributed by atoms with E-state index in [0.717, 1.165) is 10.9 Å². The monoisotopic (exact) mass is 378 g/mol. The molecule has 1 N–H and O–H groups in total. The Hall–Kier alpha value is -2.17. The summed E-state index contributed by atoms with van der Waals surface area (Å²) in [5, 5.41) is 11.0. The van der Waals surface area contributed by atoms with Gasteiger partial charge in [0.15, 0.2) is 0 Å². The summed E-state index contributed by atoms with van der Waals surface area (Å²) in [5.41, 5.74) is 2.05. The number of hydrogen-bond acceptors (Lipinski definition) is 3. The number of aliphatic carboxylic acids is 1. The first-order chi connectivity index (χ1) is 11.9. The largest absolute Gasteiger partial charge is 0.486 e. The van der Waals surface area contributed by atoms with Gasteiger partial charge in [0.05, 0.1) is 12.2 Å². The molecule has 6 heteroatoms. The van der Waals surface area contributed by atoms with Gasteiger partial charge >= 0.3 is 5.97 Å². The summed E-state index contributed by atoms with van der Waals surface area (Å²) in [6.07, 6.45) is 1.20. The Balaban J connectivity index is 1.86. The molecule has 0 amide bonds. The van der Waals surface area contributed by atoms with Crippen molar-refractivity contribution in [2.24, 2.45) is 0 Å². The number of carbonyl (C=O) groups is 1. The molecular formula is C19H16Cl2O4. The van der Waals surface area contributed by atoms with Gasteiger partial charge in [-0.1, -0.05) is 29.3 Å². The van der Waals surface area contributed by atoms with E-state index in [1.54, 1.807) is 37.3 Å². The lowest BCUT2D eigenvalue weighted by molar-refractivity contribution is -0.138. The SMILES string of the molecule is CC(Oc1ccc2c(C(C)C(=O)O)coc2c1)c1ccc(Cl)cc1Cl. The third kappa shape index (κ3) is 3.60. The number of benzene rings is 2. The van der Waals surface area contributed by atoms with Crippen LogP contribution in [0.5, 0.6) is 5.75 Å². The van der Waals surface area contributed by atoms with E-state index in [9.17, 15) is 9.90 Å². The van der Waals surface area contributed by atoms with Gasteiger partial charge in [-0.15, -0.1) is 0 Å². The van der Waals surface area contributed by atoms with Crippen molar-refractivity contribution in [1.82, 2.24) is 0 Å². The van der Waals surface area contributed by atoms with E-state index in [-0.39, 0.29) is 6.10 Å². The summed E-state index contributed by atoms with van der Waals surface area (Å²) < 4.78 is 11.4. The first-order valence-electron chi connectivity index (χ1n) is 7.72. The molecule has 0 saturated heterocycles. The maximum absolute atomic E-state index is 11.2. The Bertz CT molecular complexity index is 932. The van der Waals surface area contributed by atoms with Crippen molar-refractivity contribution in [2.75, 3.05) is 0 Å². The number of ether oxygens (including phenoxy) is 1. The zero-order valence-corrected chi connectivity index (χ0v) is 15.1. The van der Waals surface area contributed by atoms with E-state index in [1.807, 2.05) is 13.0 Å². The second kappa shape index (κ2) is 6.98. The topological polar surface area (TPSA) is 59.7 Å². The quantitative estimate of drug-likeness (QED) is 0.585. The lowest BCUT2D eigenvalue weighted by Crippen LogP contribution is -2.06. The van der Waals surface area contributed by atoms with Crippen LogP contribution in [-0.4, -0.2) is 11.1 Å². The number of rotatable bonds is 5. The molecule has 0 aliphatic heterocycles. The van der Waals surface area contributed by atoms with Crippen LogP contribution in [0.25, 0.3) is 11.0 Å². The average Bonchev–Trinajstić information content (AvgIpc) is 2.96. The highest BCUT2D eigenvalue weighted by molar-refractivity contribution is 6.35. The number of fused-ring (bicyclic) bond motifs is 1. The van der Waals surface area contributed by atoms with Crippen molar-refractivity contribution in [3.8, 4) is 5.75 Å². The molecule has 2 aromatic carbocycles. The summed E-state index contributed by atoms with van der Waals surface area (Å²) >= 11 is 12.1. The minimum atomic E-state index is -0.894. The lowest BCUT2D eigenvalue weighted by atomic mass is 10.0. The first-order valence-corrected chi connectivity index (χ1v) is 8.48. The van der Waals surface area contributed by atoms with Crippen LogP contribution < -0.4 is 4.74 Å². The van der Waals surface area contributed by atoms with Crippen molar-refractivity contribution in [3.05, 3.63) is 63.8 Å². The first kappa shape index (κ1) is 17.6. The summed E-state index contributed by atoms with van der Waals surface area (Å²) in [7, 11) is 0. The van der Waals surface area contributed by atoms with Crippen molar-refractivity contribution in [3.63, 3.8) is 0 Å². The average molecular weight is 379 g/mol. The van der Waals surface area contributed by atoms with E-state index >= 15 is 0 Å². The minimum absolute atomic E-state index is 0.283. The van der Waals surface area contributed by atoms with Gasteiger partial charge in [-0.05, 0) is 38.1 Å². The Labute approximate surface area is 154 Å². The zero-order valence-electron chi connectivity index (χ0n) is 13.6. The van der Waals surface area contributed by atoms with Crippen LogP contribution in [-0.2, 0) is 4.79 Å². The molecular weight excluding hydrogens is 363 g/mol. The lowest BCUT2D eigenvalue weighted by Gasteiger charge is -2.16. The van der Waals surface area contributed by atoms with Crippen molar-refractivity contribution in [1.29, 1.82) is 0 Å². The number of carboxylic acids is 1. The van der Waals surface area contributed by atoms with Crippen molar-refractivity contribution >= 4 is 40.1 Å². The predicted octanol–water partition coefficient (Wildman–Crippen LogP) is 6.07. The van der Waals surface area contributed by atoms with Gasteiger partial charge in [-0.2, -0.15) is 0 Å². The number of hydrogen-bond donors (Lipinski definition) is 1. The summed E-state index contributed by atoms with van der Waals surface area (Å²) in [6, 6.07) is 10.6. The van der Waals surface area contributed by atoms with Crippen molar-refractivity contribution in [2.45, 2.75) is 25.9 Å². The molecule has 130 valence electrons. The molecule has 3 rings (SSSR count). The molecule has 0 saturated carbocycles. The van der Waals surface area contributed by atoms with Crippen LogP contribution >= 0.6 is 23.2 Å². The molecule has 25 heavy (non-hydrogen) atoms. The molecule has 0 fully saturated rings. The van der Waals surface area contributed by atoms with E-state index in [0.29, 0.717) is 26.9 Å². The van der Waals surface area contributed by atoms with Crippen LogP contribution in [0.4, 0.5) is 0 Å². The van der Waals surface area contributed by atoms with Crippen LogP contribution in [0.3, 0.4) is 0 Å².